The number of fused-ring (bicyclic) bond motifs is 5. The molecule has 1 atom stereocenters. The van der Waals surface area contributed by atoms with Crippen LogP contribution in [0.25, 0.3) is 28.0 Å². The van der Waals surface area contributed by atoms with E-state index in [1.165, 1.54) is 72.0 Å². The van der Waals surface area contributed by atoms with Gasteiger partial charge in [0.15, 0.2) is 0 Å². The maximum absolute atomic E-state index is 5.49. The molecule has 0 heterocycles. The summed E-state index contributed by atoms with van der Waals surface area (Å²) in [4.78, 5) is 0. The number of benzene rings is 5. The van der Waals surface area contributed by atoms with Gasteiger partial charge in [0.2, 0.25) is 0 Å². The van der Waals surface area contributed by atoms with Crippen molar-refractivity contribution in [2.75, 3.05) is 7.11 Å². The second-order valence-electron chi connectivity index (χ2n) is 12.6. The summed E-state index contributed by atoms with van der Waals surface area (Å²) in [6, 6.07) is 31.5. The van der Waals surface area contributed by atoms with Crippen molar-refractivity contribution in [2.45, 2.75) is 59.3 Å². The van der Waals surface area contributed by atoms with Crippen LogP contribution in [0, 0.1) is 27.7 Å². The molecule has 0 radical (unpaired) electrons. The molecule has 0 bridgehead atoms. The summed E-state index contributed by atoms with van der Waals surface area (Å²) in [5.74, 6) is 0.873. The molecule has 206 valence electrons. The predicted molar refractivity (Wildman–Crippen MR) is 175 cm³/mol. The first-order chi connectivity index (χ1) is 19.5. The lowest BCUT2D eigenvalue weighted by Gasteiger charge is -2.29. The molecule has 5 aromatic carbocycles. The minimum atomic E-state index is -0.326. The molecule has 1 unspecified atom stereocenters. The molecule has 0 aliphatic heterocycles. The SMILES string of the molecule is COc1ccc(C(C)(/C=C\c2c3c(c4ccc(C)cc4c2C)-c2ccc(C)cc2C3(C)C)c2ccc(C)cc2)cc1. The molecule has 0 saturated carbocycles. The van der Waals surface area contributed by atoms with E-state index in [0.717, 1.165) is 5.75 Å². The van der Waals surface area contributed by atoms with E-state index in [0.29, 0.717) is 0 Å². The van der Waals surface area contributed by atoms with Gasteiger partial charge in [-0.05, 0) is 102 Å². The molecular weight excluding hydrogens is 496 g/mol. The van der Waals surface area contributed by atoms with Gasteiger partial charge >= 0.3 is 0 Å². The van der Waals surface area contributed by atoms with Gasteiger partial charge in [0.05, 0.1) is 7.11 Å². The summed E-state index contributed by atoms with van der Waals surface area (Å²) in [5, 5.41) is 2.70. The number of rotatable bonds is 5. The summed E-state index contributed by atoms with van der Waals surface area (Å²) in [6.07, 6.45) is 4.84. The summed E-state index contributed by atoms with van der Waals surface area (Å²) in [5.41, 5.74) is 14.2. The predicted octanol–water partition coefficient (Wildman–Crippen LogP) is 10.4. The van der Waals surface area contributed by atoms with Crippen LogP contribution in [0.2, 0.25) is 0 Å². The fourth-order valence-electron chi connectivity index (χ4n) is 6.90. The Kier molecular flexibility index (Phi) is 6.46. The molecule has 1 aliphatic carbocycles. The highest BCUT2D eigenvalue weighted by Gasteiger charge is 2.39. The fourth-order valence-corrected chi connectivity index (χ4v) is 6.90. The van der Waals surface area contributed by atoms with Crippen LogP contribution in [0.5, 0.6) is 5.75 Å². The van der Waals surface area contributed by atoms with E-state index in [2.05, 4.69) is 146 Å². The molecule has 0 saturated heterocycles. The Morgan fingerprint density at radius 2 is 1.27 bits per heavy atom. The third kappa shape index (κ3) is 4.30. The monoisotopic (exact) mass is 536 g/mol. The van der Waals surface area contributed by atoms with E-state index >= 15 is 0 Å². The molecule has 0 aromatic heterocycles. The van der Waals surface area contributed by atoms with Gasteiger partial charge in [0.25, 0.3) is 0 Å². The Hall–Kier alpha value is -4.10. The molecule has 1 nitrogen and oxygen atoms in total. The van der Waals surface area contributed by atoms with Crippen molar-refractivity contribution in [1.29, 1.82) is 0 Å². The number of aryl methyl sites for hydroxylation is 4. The number of hydrogen-bond acceptors (Lipinski definition) is 1. The van der Waals surface area contributed by atoms with E-state index in [4.69, 9.17) is 4.74 Å². The van der Waals surface area contributed by atoms with Gasteiger partial charge in [0, 0.05) is 10.8 Å². The third-order valence-electron chi connectivity index (χ3n) is 9.44. The molecule has 0 spiro atoms. The number of methoxy groups -OCH3 is 1. The van der Waals surface area contributed by atoms with Gasteiger partial charge in [-0.2, -0.15) is 0 Å². The van der Waals surface area contributed by atoms with Crippen molar-refractivity contribution in [3.05, 3.63) is 141 Å². The summed E-state index contributed by atoms with van der Waals surface area (Å²) < 4.78 is 5.49. The Labute approximate surface area is 245 Å². The lowest BCUT2D eigenvalue weighted by atomic mass is 9.74. The quantitative estimate of drug-likeness (QED) is 0.217. The molecule has 5 aromatic rings. The van der Waals surface area contributed by atoms with E-state index in [1.54, 1.807) is 7.11 Å². The van der Waals surface area contributed by atoms with Crippen LogP contribution < -0.4 is 4.74 Å². The zero-order valence-electron chi connectivity index (χ0n) is 25.6. The van der Waals surface area contributed by atoms with E-state index < -0.39 is 0 Å². The number of allylic oxidation sites excluding steroid dienone is 1. The molecule has 6 rings (SSSR count). The maximum atomic E-state index is 5.49. The molecule has 1 aliphatic rings. The Morgan fingerprint density at radius 3 is 1.93 bits per heavy atom. The van der Waals surface area contributed by atoms with Crippen LogP contribution in [-0.2, 0) is 10.8 Å². The topological polar surface area (TPSA) is 9.23 Å². The third-order valence-corrected chi connectivity index (χ3v) is 9.44. The van der Waals surface area contributed by atoms with Gasteiger partial charge in [-0.1, -0.05) is 115 Å². The average molecular weight is 537 g/mol. The first-order valence-corrected chi connectivity index (χ1v) is 14.6. The highest BCUT2D eigenvalue weighted by atomic mass is 16.5. The van der Waals surface area contributed by atoms with Gasteiger partial charge in [-0.25, -0.2) is 0 Å². The second kappa shape index (κ2) is 9.77. The first-order valence-electron chi connectivity index (χ1n) is 14.6. The van der Waals surface area contributed by atoms with Crippen molar-refractivity contribution in [2.24, 2.45) is 0 Å². The van der Waals surface area contributed by atoms with Crippen LogP contribution in [0.15, 0.2) is 91.0 Å². The van der Waals surface area contributed by atoms with Crippen LogP contribution in [-0.4, -0.2) is 7.11 Å². The summed E-state index contributed by atoms with van der Waals surface area (Å²) >= 11 is 0. The van der Waals surface area contributed by atoms with Gasteiger partial charge in [-0.15, -0.1) is 0 Å². The van der Waals surface area contributed by atoms with Crippen LogP contribution >= 0.6 is 0 Å². The first kappa shape index (κ1) is 27.1. The minimum Gasteiger partial charge on any atom is -0.497 e. The van der Waals surface area contributed by atoms with Crippen molar-refractivity contribution in [3.63, 3.8) is 0 Å². The van der Waals surface area contributed by atoms with E-state index in [1.807, 2.05) is 0 Å². The standard InChI is InChI=1S/C40H40O/c1-25-9-13-29(14-10-25)40(7,30-15-17-31(41-8)18-16-30)22-21-32-28(4)35-23-26(2)11-19-33(35)37-34-20-12-27(3)24-36(34)39(5,6)38(32)37/h9-24H,1-8H3/b22-21-. The van der Waals surface area contributed by atoms with Crippen molar-refractivity contribution >= 4 is 16.8 Å². The van der Waals surface area contributed by atoms with Gasteiger partial charge in [0.1, 0.15) is 5.75 Å². The van der Waals surface area contributed by atoms with Crippen molar-refractivity contribution in [1.82, 2.24) is 0 Å². The van der Waals surface area contributed by atoms with E-state index in [9.17, 15) is 0 Å². The minimum absolute atomic E-state index is 0.111. The molecule has 0 fully saturated rings. The fraction of sp³-hybridized carbons (Fsp3) is 0.250. The van der Waals surface area contributed by atoms with Crippen molar-refractivity contribution < 1.29 is 4.74 Å². The largest absolute Gasteiger partial charge is 0.497 e. The number of ether oxygens (including phenoxy) is 1. The molecule has 41 heavy (non-hydrogen) atoms. The van der Waals surface area contributed by atoms with Crippen LogP contribution in [0.3, 0.4) is 0 Å². The van der Waals surface area contributed by atoms with Crippen LogP contribution in [0.4, 0.5) is 0 Å². The normalized spacial score (nSPS) is 15.1. The molecule has 1 heteroatoms. The highest BCUT2D eigenvalue weighted by Crippen LogP contribution is 2.54. The smallest absolute Gasteiger partial charge is 0.118 e. The summed E-state index contributed by atoms with van der Waals surface area (Å²) in [6.45, 7) is 16.0. The lowest BCUT2D eigenvalue weighted by Crippen LogP contribution is -2.21. The average Bonchev–Trinajstić information content (AvgIpc) is 3.19. The second-order valence-corrected chi connectivity index (χ2v) is 12.6. The molecule has 0 amide bonds. The van der Waals surface area contributed by atoms with Crippen molar-refractivity contribution in [3.8, 4) is 16.9 Å². The Balaban J connectivity index is 1.64. The summed E-state index contributed by atoms with van der Waals surface area (Å²) in [7, 11) is 1.72. The molecule has 0 N–H and O–H groups in total. The lowest BCUT2D eigenvalue weighted by molar-refractivity contribution is 0.414. The number of hydrogen-bond donors (Lipinski definition) is 0. The highest BCUT2D eigenvalue weighted by molar-refractivity contribution is 6.06. The van der Waals surface area contributed by atoms with E-state index in [-0.39, 0.29) is 10.8 Å². The Morgan fingerprint density at radius 1 is 0.683 bits per heavy atom. The van der Waals surface area contributed by atoms with Gasteiger partial charge < -0.3 is 4.74 Å². The zero-order chi connectivity index (χ0) is 29.1. The zero-order valence-corrected chi connectivity index (χ0v) is 25.6. The Bertz CT molecular complexity index is 1820. The molecular formula is C40H40O. The van der Waals surface area contributed by atoms with Gasteiger partial charge in [-0.3, -0.25) is 0 Å². The maximum Gasteiger partial charge on any atom is 0.118 e. The van der Waals surface area contributed by atoms with Crippen LogP contribution in [0.1, 0.15) is 70.8 Å².